The third kappa shape index (κ3) is 13.5. The summed E-state index contributed by atoms with van der Waals surface area (Å²) < 4.78 is 59.5. The molecule has 0 spiro atoms. The maximum atomic E-state index is 11.7. The van der Waals surface area contributed by atoms with E-state index in [1.165, 1.54) is 0 Å². The van der Waals surface area contributed by atoms with Crippen LogP contribution in [0.25, 0.3) is 0 Å². The predicted molar refractivity (Wildman–Crippen MR) is 241 cm³/mol. The molecule has 9 atom stereocenters. The lowest BCUT2D eigenvalue weighted by atomic mass is 9.97. The van der Waals surface area contributed by atoms with Gasteiger partial charge in [0.15, 0.2) is 12.6 Å². The molecule has 2 aliphatic heterocycles. The SMILES string of the molecule is O[C@H]1O[C@H](CO[C@H]2C[C@@H](OCc3ccccc3)[C@H](OCc3ccccc3)[C@@H](COCc3ccccc3)O2)[C@@H](OCc2ccccc2)[C@H](OCc2ccccc2)[C@@H]1OCc1ccccc1. The molecule has 0 radical (unpaired) electrons. The van der Waals surface area contributed by atoms with Crippen molar-refractivity contribution in [1.29, 1.82) is 0 Å². The molecule has 2 aliphatic rings. The van der Waals surface area contributed by atoms with Gasteiger partial charge in [0.05, 0.1) is 59.0 Å². The fraction of sp³-hybridized carbons (Fsp3) is 0.333. The summed E-state index contributed by atoms with van der Waals surface area (Å²) in [5.41, 5.74) is 6.03. The highest BCUT2D eigenvalue weighted by Gasteiger charge is 2.49. The first-order valence-electron chi connectivity index (χ1n) is 22.1. The van der Waals surface area contributed by atoms with Crippen molar-refractivity contribution in [3.8, 4) is 0 Å². The lowest BCUT2D eigenvalue weighted by Crippen LogP contribution is -2.61. The molecule has 6 aromatic carbocycles. The Morgan fingerprint density at radius 3 is 1.17 bits per heavy atom. The number of benzene rings is 6. The van der Waals surface area contributed by atoms with Gasteiger partial charge in [-0.15, -0.1) is 0 Å². The zero-order valence-electron chi connectivity index (χ0n) is 36.0. The van der Waals surface area contributed by atoms with Crippen LogP contribution in [0.1, 0.15) is 39.8 Å². The number of ether oxygens (including phenoxy) is 9. The fourth-order valence-electron chi connectivity index (χ4n) is 8.02. The van der Waals surface area contributed by atoms with E-state index in [2.05, 4.69) is 0 Å². The lowest BCUT2D eigenvalue weighted by Gasteiger charge is -2.45. The number of hydrogen-bond acceptors (Lipinski definition) is 10. The van der Waals surface area contributed by atoms with Gasteiger partial charge in [-0.25, -0.2) is 0 Å². The number of hydrogen-bond donors (Lipinski definition) is 1. The minimum Gasteiger partial charge on any atom is -0.374 e. The Balaban J connectivity index is 1.03. The van der Waals surface area contributed by atoms with Crippen LogP contribution in [-0.2, 0) is 82.3 Å². The van der Waals surface area contributed by atoms with E-state index < -0.39 is 55.3 Å². The second kappa shape index (κ2) is 24.3. The smallest absolute Gasteiger partial charge is 0.184 e. The average Bonchev–Trinajstić information content (AvgIpc) is 3.35. The Bertz CT molecular complexity index is 2170. The maximum Gasteiger partial charge on any atom is 0.184 e. The fourth-order valence-corrected chi connectivity index (χ4v) is 8.02. The molecule has 6 aromatic rings. The van der Waals surface area contributed by atoms with E-state index in [9.17, 15) is 5.11 Å². The second-order valence-electron chi connectivity index (χ2n) is 16.1. The number of aliphatic hydroxyl groups excluding tert-OH is 1. The van der Waals surface area contributed by atoms with Gasteiger partial charge >= 0.3 is 0 Å². The summed E-state index contributed by atoms with van der Waals surface area (Å²) >= 11 is 0. The van der Waals surface area contributed by atoms with Gasteiger partial charge in [0.2, 0.25) is 0 Å². The van der Waals surface area contributed by atoms with Crippen molar-refractivity contribution in [2.24, 2.45) is 0 Å². The number of rotatable bonds is 22. The van der Waals surface area contributed by atoms with Crippen molar-refractivity contribution in [3.63, 3.8) is 0 Å². The third-order valence-corrected chi connectivity index (χ3v) is 11.4. The monoisotopic (exact) mass is 866 g/mol. The zero-order chi connectivity index (χ0) is 43.6. The van der Waals surface area contributed by atoms with E-state index in [4.69, 9.17) is 42.6 Å². The topological polar surface area (TPSA) is 103 Å². The molecule has 0 saturated carbocycles. The van der Waals surface area contributed by atoms with Gasteiger partial charge in [-0.1, -0.05) is 182 Å². The Morgan fingerprint density at radius 1 is 0.359 bits per heavy atom. The summed E-state index contributed by atoms with van der Waals surface area (Å²) in [6.07, 6.45) is -6.28. The number of aliphatic hydroxyl groups is 1. The van der Waals surface area contributed by atoms with Crippen molar-refractivity contribution < 1.29 is 47.7 Å². The van der Waals surface area contributed by atoms with Crippen LogP contribution < -0.4 is 0 Å². The van der Waals surface area contributed by atoms with Crippen LogP contribution in [0.15, 0.2) is 182 Å². The summed E-state index contributed by atoms with van der Waals surface area (Å²) in [6, 6.07) is 59.9. The van der Waals surface area contributed by atoms with E-state index in [-0.39, 0.29) is 33.0 Å². The van der Waals surface area contributed by atoms with Gasteiger partial charge in [-0.05, 0) is 33.4 Å². The highest BCUT2D eigenvalue weighted by molar-refractivity contribution is 5.18. The Morgan fingerprint density at radius 2 is 0.719 bits per heavy atom. The van der Waals surface area contributed by atoms with Crippen molar-refractivity contribution in [3.05, 3.63) is 215 Å². The molecule has 10 nitrogen and oxygen atoms in total. The normalized spacial score (nSPS) is 24.6. The molecular weight excluding hydrogens is 809 g/mol. The summed E-state index contributed by atoms with van der Waals surface area (Å²) in [4.78, 5) is 0. The Labute approximate surface area is 376 Å². The maximum absolute atomic E-state index is 11.7. The highest BCUT2D eigenvalue weighted by Crippen LogP contribution is 2.33. The van der Waals surface area contributed by atoms with E-state index in [0.29, 0.717) is 26.2 Å². The van der Waals surface area contributed by atoms with Crippen LogP contribution >= 0.6 is 0 Å². The Kier molecular flexibility index (Phi) is 17.3. The van der Waals surface area contributed by atoms with Crippen LogP contribution in [0, 0.1) is 0 Å². The van der Waals surface area contributed by atoms with Crippen LogP contribution in [-0.4, -0.2) is 73.6 Å². The van der Waals surface area contributed by atoms with Crippen molar-refractivity contribution >= 4 is 0 Å². The molecule has 0 aliphatic carbocycles. The third-order valence-electron chi connectivity index (χ3n) is 11.4. The predicted octanol–water partition coefficient (Wildman–Crippen LogP) is 8.98. The van der Waals surface area contributed by atoms with E-state index in [0.717, 1.165) is 33.4 Å². The van der Waals surface area contributed by atoms with Gasteiger partial charge < -0.3 is 47.7 Å². The summed E-state index contributed by atoms with van der Waals surface area (Å²) in [5.74, 6) is 0. The van der Waals surface area contributed by atoms with Crippen LogP contribution in [0.4, 0.5) is 0 Å². The molecule has 0 amide bonds. The molecule has 334 valence electrons. The summed E-state index contributed by atoms with van der Waals surface area (Å²) in [5, 5.41) is 11.7. The standard InChI is InChI=1S/C54H58O10/c55-54-53(62-37-45-29-17-6-18-30-45)52(61-36-44-27-15-5-16-28-44)51(60-35-43-25-13-4-14-26-43)48(64-54)39-58-49-31-46(57-33-41-21-9-2-10-22-41)50(59-34-42-23-11-3-12-24-42)47(63-49)38-56-32-40-19-7-1-8-20-40/h1-30,46-55H,31-39H2/t46-,47-,48-,49-,50+,51-,52+,53+,54+/m1/s1. The minimum atomic E-state index is -1.35. The van der Waals surface area contributed by atoms with E-state index in [1.54, 1.807) is 0 Å². The molecule has 2 heterocycles. The molecule has 1 N–H and O–H groups in total. The van der Waals surface area contributed by atoms with Gasteiger partial charge in [-0.2, -0.15) is 0 Å². The largest absolute Gasteiger partial charge is 0.374 e. The molecule has 8 rings (SSSR count). The molecule has 64 heavy (non-hydrogen) atoms. The minimum absolute atomic E-state index is 0.0102. The first-order chi connectivity index (χ1) is 31.6. The summed E-state index contributed by atoms with van der Waals surface area (Å²) in [6.45, 7) is 2.17. The van der Waals surface area contributed by atoms with Gasteiger partial charge in [-0.3, -0.25) is 0 Å². The molecular formula is C54H58O10. The van der Waals surface area contributed by atoms with Gasteiger partial charge in [0, 0.05) is 6.42 Å². The lowest BCUT2D eigenvalue weighted by molar-refractivity contribution is -0.330. The van der Waals surface area contributed by atoms with Crippen molar-refractivity contribution in [2.75, 3.05) is 13.2 Å². The average molecular weight is 867 g/mol. The van der Waals surface area contributed by atoms with Crippen molar-refractivity contribution in [1.82, 2.24) is 0 Å². The van der Waals surface area contributed by atoms with Crippen molar-refractivity contribution in [2.45, 2.75) is 101 Å². The molecule has 2 fully saturated rings. The van der Waals surface area contributed by atoms with Crippen LogP contribution in [0.3, 0.4) is 0 Å². The van der Waals surface area contributed by atoms with Gasteiger partial charge in [0.25, 0.3) is 0 Å². The first-order valence-corrected chi connectivity index (χ1v) is 22.1. The summed E-state index contributed by atoms with van der Waals surface area (Å²) in [7, 11) is 0. The zero-order valence-corrected chi connectivity index (χ0v) is 36.0. The van der Waals surface area contributed by atoms with Gasteiger partial charge in [0.1, 0.15) is 36.6 Å². The first kappa shape index (κ1) is 45.5. The highest BCUT2D eigenvalue weighted by atomic mass is 16.7. The molecule has 0 unspecified atom stereocenters. The van der Waals surface area contributed by atoms with Crippen LogP contribution in [0.2, 0.25) is 0 Å². The molecule has 10 heteroatoms. The van der Waals surface area contributed by atoms with Crippen LogP contribution in [0.5, 0.6) is 0 Å². The molecule has 2 saturated heterocycles. The molecule has 0 aromatic heterocycles. The molecule has 0 bridgehead atoms. The van der Waals surface area contributed by atoms with E-state index >= 15 is 0 Å². The Hall–Kier alpha value is -5.08. The second-order valence-corrected chi connectivity index (χ2v) is 16.1. The quantitative estimate of drug-likeness (QED) is 0.0712. The van der Waals surface area contributed by atoms with E-state index in [1.807, 2.05) is 182 Å².